The molecule has 7 N–H and O–H groups in total. The molecule has 149 heavy (non-hydrogen) atoms. The maximum Gasteiger partial charge on any atom is 0.306 e. The number of carbonyl (C=O) groups is 7. The highest BCUT2D eigenvalue weighted by molar-refractivity contribution is 9.10. The van der Waals surface area contributed by atoms with Gasteiger partial charge in [0, 0.05) is 134 Å². The molecule has 2 fully saturated rings. The highest BCUT2D eigenvalue weighted by Gasteiger charge is 2.46. The predicted molar refractivity (Wildman–Crippen MR) is 585 cm³/mol. The Labute approximate surface area is 904 Å². The fourth-order valence-corrected chi connectivity index (χ4v) is 24.3. The van der Waals surface area contributed by atoms with E-state index in [1.54, 1.807) is 110 Å². The van der Waals surface area contributed by atoms with Gasteiger partial charge in [-0.3, -0.25) is 71.6 Å². The summed E-state index contributed by atoms with van der Waals surface area (Å²) in [5.74, 6) is 1.40. The third kappa shape index (κ3) is 24.0. The molecule has 2 saturated heterocycles. The number of carboxylic acid groups (broad SMARTS) is 1. The minimum atomic E-state index is -0.928. The molecule has 0 radical (unpaired) electrons. The lowest BCUT2D eigenvalue weighted by atomic mass is 9.99. The van der Waals surface area contributed by atoms with Gasteiger partial charge in [-0.25, -0.2) is 9.97 Å². The van der Waals surface area contributed by atoms with Gasteiger partial charge in [0.2, 0.25) is 35.4 Å². The number of aromatic nitrogens is 15. The molecule has 34 nitrogen and oxygen atoms in total. The molecular formula is C106H112BrCl3N24O10S5. The first kappa shape index (κ1) is 109. The van der Waals surface area contributed by atoms with Crippen molar-refractivity contribution in [2.45, 2.75) is 204 Å². The van der Waals surface area contributed by atoms with Gasteiger partial charge in [0.1, 0.15) is 74.8 Å². The number of aliphatic carboxylic acids is 1. The second-order valence-corrected chi connectivity index (χ2v) is 45.0. The van der Waals surface area contributed by atoms with E-state index in [0.29, 0.717) is 56.3 Å². The van der Waals surface area contributed by atoms with E-state index >= 15 is 0 Å². The van der Waals surface area contributed by atoms with Crippen LogP contribution in [-0.2, 0) is 53.2 Å². The number of rotatable bonds is 25. The van der Waals surface area contributed by atoms with Crippen LogP contribution in [0.25, 0.3) is 35.9 Å². The van der Waals surface area contributed by atoms with Crippen LogP contribution in [0.5, 0.6) is 0 Å². The van der Waals surface area contributed by atoms with Crippen molar-refractivity contribution in [3.05, 3.63) is 305 Å². The number of aliphatic hydroxyl groups is 2. The lowest BCUT2D eigenvalue weighted by Gasteiger charge is -2.30. The summed E-state index contributed by atoms with van der Waals surface area (Å²) in [6.45, 7) is 26.6. The Bertz CT molecular complexity index is 7560. The summed E-state index contributed by atoms with van der Waals surface area (Å²) in [4.78, 5) is 124. The van der Waals surface area contributed by atoms with Crippen LogP contribution in [0.1, 0.15) is 214 Å². The number of nitrogens with one attached hydrogen (secondary N) is 4. The number of halogens is 4. The van der Waals surface area contributed by atoms with E-state index in [2.05, 4.69) is 121 Å². The van der Waals surface area contributed by atoms with Gasteiger partial charge in [-0.05, 0) is 166 Å². The SMILES string of the molecule is C.CNC(=O)C[C@@H]1N=C(c2ccc(Cl)cc2)c2cc(C)sc2-n2c(C)nnc21.Cc1cc2c(s1)-n1c(C)nnc1[C@H](CC(=O)O)N=C2c1ccc(Cl)cc1.Cc1ncsc1-c1ccc(CNC(=O)[C@@H]2C[C@@H](O)CN2C(=O)[C@H](C(C)C)n2cc(Br)cn2)cc1.Cc1ncsc1-c1ccc(CNC(=O)[C@@H]2C[C@@H](O)CN2C(=O)[C@H](C(C)C)n2cc(CNC(=O)C[C@@H]3N=C(c4ccc(Cl)cc4)c4c(sc(C)c4C)-n4c(C)nnc43)cn2)cc1. The van der Waals surface area contributed by atoms with E-state index in [1.165, 1.54) is 14.7 Å². The van der Waals surface area contributed by atoms with Gasteiger partial charge < -0.3 is 46.4 Å². The first-order chi connectivity index (χ1) is 70.9. The number of thiazole rings is 2. The number of aliphatic imine (C=N–C) groups is 3. The van der Waals surface area contributed by atoms with Crippen LogP contribution in [0.4, 0.5) is 0 Å². The molecule has 0 unspecified atom stereocenters. The third-order valence-electron chi connectivity index (χ3n) is 26.1. The second kappa shape index (κ2) is 47.0. The molecular weight excluding hydrogens is 2120 g/mol. The first-order valence-electron chi connectivity index (χ1n) is 48.0. The van der Waals surface area contributed by atoms with Crippen LogP contribution in [0, 0.1) is 74.1 Å². The van der Waals surface area contributed by atoms with Crippen molar-refractivity contribution >= 4 is 166 Å². The lowest BCUT2D eigenvalue weighted by Crippen LogP contribution is -2.49. The molecule has 774 valence electrons. The number of carbonyl (C=O) groups excluding carboxylic acids is 6. The highest BCUT2D eigenvalue weighted by atomic mass is 79.9. The Kier molecular flexibility index (Phi) is 34.2. The van der Waals surface area contributed by atoms with E-state index in [4.69, 9.17) is 49.8 Å². The Balaban J connectivity index is 0.000000152. The van der Waals surface area contributed by atoms with Crippen LogP contribution in [0.2, 0.25) is 15.1 Å². The van der Waals surface area contributed by atoms with Gasteiger partial charge in [-0.1, -0.05) is 155 Å². The Morgan fingerprint density at radius 3 is 1.24 bits per heavy atom. The number of benzene rings is 5. The molecule has 15 heterocycles. The molecule has 5 aliphatic heterocycles. The standard InChI is InChI=1S/C44H47ClN10O4S2.C24H28BrN5O3S.C19H18ClN5OS.C18H15ClN4O2S.CH4/c1-23(2)39(43(59)53-21-33(56)15-35(53)42(58)47-17-28-7-9-31(10-8-28)40-25(4)48-22-60-40)54-20-29(19-49-54)18-46-36(57)16-34-41-52-51-27(6)55(41)44-37(24(3)26(5)61-44)38(50-34)30-11-13-32(45)14-12-30;1-14(2)21(30-11-18(25)10-28-30)24(33)29-12-19(31)8-20(29)23(32)26-9-16-4-6-17(7-5-16)22-15(3)27-13-34-22;1-10-8-14-17(12-4-6-13(20)7-5-12)22-15(9-16(26)21-3)18-24-23-11(2)25(18)19(14)27-10;1-9-7-13-16(11-3-5-12(19)6-4-11)20-14(8-15(24)25)17-22-21-10(2)23(17)18(13)26-9;/h7-14,19-20,22-23,33-35,39,56H,15-18,21H2,1-6H3,(H,46,57)(H,47,58);4-7,10-11,13-14,19-21,31H,8-9,12H2,1-3H3,(H,26,32);4-8,15H,9H2,1-3H3,(H,21,26);3-7,14H,8H2,1-2H3,(H,24,25);1H4/t33-,34+,35+,39+;19-,20+,21+;15-;14-;/m1100./s1. The Morgan fingerprint density at radius 2 is 0.846 bits per heavy atom. The monoisotopic (exact) mass is 2220 g/mol. The summed E-state index contributed by atoms with van der Waals surface area (Å²) in [6, 6.07) is 38.2. The predicted octanol–water partition coefficient (Wildman–Crippen LogP) is 18.4. The summed E-state index contributed by atoms with van der Waals surface area (Å²) in [6.07, 6.45) is 5.60. The first-order valence-corrected chi connectivity index (χ1v) is 54.1. The molecule has 5 aliphatic rings. The van der Waals surface area contributed by atoms with Crippen molar-refractivity contribution in [3.8, 4) is 35.9 Å². The van der Waals surface area contributed by atoms with Crippen LogP contribution in [0.15, 0.2) is 189 Å². The number of fused-ring (bicyclic) bond motifs is 9. The quantitative estimate of drug-likeness (QED) is 0.0279. The van der Waals surface area contributed by atoms with Crippen LogP contribution in [-0.4, -0.2) is 202 Å². The van der Waals surface area contributed by atoms with E-state index in [9.17, 15) is 48.9 Å². The molecule has 0 bridgehead atoms. The number of nitrogens with zero attached hydrogens (tertiary/aromatic N) is 20. The topological polar surface area (TPSA) is 425 Å². The van der Waals surface area contributed by atoms with Crippen molar-refractivity contribution in [2.24, 2.45) is 26.8 Å². The zero-order valence-corrected chi connectivity index (χ0v) is 91.2. The molecule has 15 aromatic rings. The average Bonchev–Trinajstić information content (AvgIpc) is 1.59. The normalized spacial score (nSPS) is 17.2. The average molecular weight is 2230 g/mol. The maximum absolute atomic E-state index is 14.2. The van der Waals surface area contributed by atoms with Crippen molar-refractivity contribution in [1.82, 2.24) is 105 Å². The minimum Gasteiger partial charge on any atom is -0.481 e. The number of carboxylic acids is 1. The number of hydrogen-bond acceptors (Lipinski definition) is 27. The van der Waals surface area contributed by atoms with E-state index < -0.39 is 60.5 Å². The zero-order chi connectivity index (χ0) is 105. The van der Waals surface area contributed by atoms with E-state index in [-0.39, 0.29) is 113 Å². The van der Waals surface area contributed by atoms with Gasteiger partial charge >= 0.3 is 5.97 Å². The number of likely N-dealkylation sites (tertiary alicyclic amines) is 2. The minimum absolute atomic E-state index is 0. The van der Waals surface area contributed by atoms with Crippen molar-refractivity contribution in [1.29, 1.82) is 0 Å². The van der Waals surface area contributed by atoms with Gasteiger partial charge in [-0.2, -0.15) is 10.2 Å². The number of aliphatic hydroxyl groups excluding tert-OH is 2. The van der Waals surface area contributed by atoms with Gasteiger partial charge in [0.15, 0.2) is 17.5 Å². The Morgan fingerprint density at radius 1 is 0.463 bits per heavy atom. The summed E-state index contributed by atoms with van der Waals surface area (Å²) >= 11 is 29.8. The Hall–Kier alpha value is -13.1. The molecule has 0 saturated carbocycles. The summed E-state index contributed by atoms with van der Waals surface area (Å²) < 4.78 is 9.93. The fourth-order valence-electron chi connectivity index (χ4n) is 18.7. The summed E-state index contributed by atoms with van der Waals surface area (Å²) in [5.41, 5.74) is 19.5. The van der Waals surface area contributed by atoms with Crippen molar-refractivity contribution < 1.29 is 48.9 Å². The molecule has 6 amide bonds. The second-order valence-electron chi connectivity index (χ2n) is 37.4. The number of β-amino-alcohol motifs (C(OH)–C–C–N with tert-alkyl or cyclic N) is 2. The van der Waals surface area contributed by atoms with Crippen LogP contribution >= 0.6 is 107 Å². The molecule has 43 heteroatoms. The number of hydrogen-bond donors (Lipinski definition) is 7. The van der Waals surface area contributed by atoms with Gasteiger partial charge in [0.25, 0.3) is 0 Å². The maximum atomic E-state index is 14.2. The van der Waals surface area contributed by atoms with Crippen molar-refractivity contribution in [3.63, 3.8) is 0 Å². The van der Waals surface area contributed by atoms with E-state index in [1.807, 2.05) is 203 Å². The summed E-state index contributed by atoms with van der Waals surface area (Å²) in [7, 11) is 1.62. The van der Waals surface area contributed by atoms with E-state index in [0.717, 1.165) is 135 Å². The molecule has 20 rings (SSSR count). The zero-order valence-electron chi connectivity index (χ0n) is 83.3. The fraction of sp³-hybridized carbons (Fsp3) is 0.340. The summed E-state index contributed by atoms with van der Waals surface area (Å²) in [5, 5.41) is 81.5. The molecule has 9 atom stereocenters. The molecule has 0 spiro atoms. The lowest BCUT2D eigenvalue weighted by molar-refractivity contribution is -0.142. The third-order valence-corrected chi connectivity index (χ3v) is 32.5. The number of amides is 6. The molecule has 10 aromatic heterocycles. The smallest absolute Gasteiger partial charge is 0.306 e. The van der Waals surface area contributed by atoms with Crippen molar-refractivity contribution in [2.75, 3.05) is 20.1 Å². The van der Waals surface area contributed by atoms with Gasteiger partial charge in [-0.15, -0.1) is 87.3 Å². The number of aryl methyl sites for hydroxylation is 8. The molecule has 0 aliphatic carbocycles. The van der Waals surface area contributed by atoms with Crippen LogP contribution in [0.3, 0.4) is 0 Å². The largest absolute Gasteiger partial charge is 0.481 e. The van der Waals surface area contributed by atoms with Crippen LogP contribution < -0.4 is 21.3 Å². The highest BCUT2D eigenvalue weighted by Crippen LogP contribution is 2.44. The van der Waals surface area contributed by atoms with Gasteiger partial charge in [0.05, 0.1) is 97.6 Å². The molecule has 5 aromatic carbocycles. The number of thiophene rings is 3.